The number of carbonyl (C=O) groups excluding carboxylic acids is 1. The fraction of sp³-hybridized carbons (Fsp3) is 0.538. The van der Waals surface area contributed by atoms with Gasteiger partial charge in [0.15, 0.2) is 5.82 Å². The molecule has 0 spiro atoms. The molecular formula is C13H15N5OS. The zero-order chi connectivity index (χ0) is 13.7. The lowest BCUT2D eigenvalue weighted by molar-refractivity contribution is 0.0684. The van der Waals surface area contributed by atoms with Crippen LogP contribution in [0.4, 0.5) is 0 Å². The second-order valence-corrected chi connectivity index (χ2v) is 6.41. The first-order valence-electron chi connectivity index (χ1n) is 6.85. The molecule has 2 aromatic heterocycles. The Morgan fingerprint density at radius 3 is 2.95 bits per heavy atom. The van der Waals surface area contributed by atoms with E-state index < -0.39 is 0 Å². The smallest absolute Gasteiger partial charge is 0.266 e. The summed E-state index contributed by atoms with van der Waals surface area (Å²) in [6, 6.07) is 0.237. The van der Waals surface area contributed by atoms with E-state index in [1.807, 2.05) is 4.90 Å². The van der Waals surface area contributed by atoms with Gasteiger partial charge in [0.2, 0.25) is 0 Å². The molecule has 1 aliphatic heterocycles. The van der Waals surface area contributed by atoms with Crippen molar-refractivity contribution in [2.75, 3.05) is 6.54 Å². The van der Waals surface area contributed by atoms with Gasteiger partial charge in [-0.25, -0.2) is 0 Å². The molecule has 0 unspecified atom stereocenters. The van der Waals surface area contributed by atoms with Gasteiger partial charge in [-0.15, -0.1) is 21.5 Å². The Labute approximate surface area is 120 Å². The molecule has 0 N–H and O–H groups in total. The average molecular weight is 289 g/mol. The van der Waals surface area contributed by atoms with Crippen molar-refractivity contribution >= 4 is 17.2 Å². The highest BCUT2D eigenvalue weighted by atomic mass is 32.1. The van der Waals surface area contributed by atoms with Crippen molar-refractivity contribution in [3.8, 4) is 0 Å². The van der Waals surface area contributed by atoms with E-state index in [1.54, 1.807) is 11.7 Å². The molecule has 1 aliphatic carbocycles. The number of rotatable bonds is 2. The van der Waals surface area contributed by atoms with Crippen LogP contribution < -0.4 is 0 Å². The highest BCUT2D eigenvalue weighted by Gasteiger charge is 2.35. The molecule has 104 valence electrons. The number of nitrogens with zero attached hydrogens (tertiary/aromatic N) is 5. The van der Waals surface area contributed by atoms with Gasteiger partial charge in [0.25, 0.3) is 5.91 Å². The molecule has 3 heterocycles. The van der Waals surface area contributed by atoms with Crippen molar-refractivity contribution in [2.45, 2.75) is 38.3 Å². The number of carbonyl (C=O) groups is 1. The van der Waals surface area contributed by atoms with E-state index in [1.165, 1.54) is 24.2 Å². The molecule has 4 rings (SSSR count). The summed E-state index contributed by atoms with van der Waals surface area (Å²) in [5.41, 5.74) is 1.69. The van der Waals surface area contributed by atoms with E-state index in [2.05, 4.69) is 26.7 Å². The molecule has 1 fully saturated rings. The molecule has 20 heavy (non-hydrogen) atoms. The van der Waals surface area contributed by atoms with Crippen molar-refractivity contribution < 1.29 is 4.79 Å². The van der Waals surface area contributed by atoms with Gasteiger partial charge in [0.05, 0.1) is 24.3 Å². The Morgan fingerprint density at radius 2 is 2.25 bits per heavy atom. The molecule has 6 nitrogen and oxygen atoms in total. The number of hydrogen-bond donors (Lipinski definition) is 0. The lowest BCUT2D eigenvalue weighted by Crippen LogP contribution is -2.40. The maximum Gasteiger partial charge on any atom is 0.266 e. The number of hydrogen-bond acceptors (Lipinski definition) is 5. The minimum Gasteiger partial charge on any atom is -0.328 e. The van der Waals surface area contributed by atoms with Gasteiger partial charge in [0.1, 0.15) is 10.7 Å². The summed E-state index contributed by atoms with van der Waals surface area (Å²) in [5.74, 6) is 2.64. The molecule has 0 bridgehead atoms. The SMILES string of the molecule is C[C@H]1CN(C(=O)c2cncs2)Cc2nnc(C3CC3)n21. The normalized spacial score (nSPS) is 21.9. The summed E-state index contributed by atoms with van der Waals surface area (Å²) in [7, 11) is 0. The fourth-order valence-electron chi connectivity index (χ4n) is 2.81. The molecule has 1 amide bonds. The van der Waals surface area contributed by atoms with Crippen LogP contribution in [0.2, 0.25) is 0 Å². The molecular weight excluding hydrogens is 274 g/mol. The van der Waals surface area contributed by atoms with Crippen molar-refractivity contribution in [3.05, 3.63) is 28.2 Å². The van der Waals surface area contributed by atoms with Gasteiger partial charge in [0, 0.05) is 12.5 Å². The van der Waals surface area contributed by atoms with Gasteiger partial charge in [-0.3, -0.25) is 9.78 Å². The Balaban J connectivity index is 1.62. The number of aromatic nitrogens is 4. The molecule has 7 heteroatoms. The lowest BCUT2D eigenvalue weighted by Gasteiger charge is -2.32. The van der Waals surface area contributed by atoms with E-state index >= 15 is 0 Å². The van der Waals surface area contributed by atoms with Gasteiger partial charge < -0.3 is 9.47 Å². The number of amides is 1. The third-order valence-electron chi connectivity index (χ3n) is 3.92. The van der Waals surface area contributed by atoms with Crippen LogP contribution in [0.3, 0.4) is 0 Å². The van der Waals surface area contributed by atoms with Crippen LogP contribution in [0.5, 0.6) is 0 Å². The Morgan fingerprint density at radius 1 is 1.40 bits per heavy atom. The summed E-state index contributed by atoms with van der Waals surface area (Å²) in [5, 5.41) is 8.62. The van der Waals surface area contributed by atoms with Crippen LogP contribution in [0.1, 0.15) is 53.0 Å². The summed E-state index contributed by atoms with van der Waals surface area (Å²) in [6.45, 7) is 3.38. The molecule has 2 aromatic rings. The first kappa shape index (κ1) is 12.0. The van der Waals surface area contributed by atoms with E-state index in [9.17, 15) is 4.79 Å². The van der Waals surface area contributed by atoms with Crippen LogP contribution in [0.25, 0.3) is 0 Å². The Kier molecular flexibility index (Phi) is 2.63. The van der Waals surface area contributed by atoms with E-state index in [0.29, 0.717) is 23.9 Å². The van der Waals surface area contributed by atoms with E-state index in [0.717, 1.165) is 11.6 Å². The second-order valence-electron chi connectivity index (χ2n) is 5.52. The van der Waals surface area contributed by atoms with Crippen molar-refractivity contribution in [1.29, 1.82) is 0 Å². The zero-order valence-electron chi connectivity index (χ0n) is 11.2. The zero-order valence-corrected chi connectivity index (χ0v) is 12.0. The first-order chi connectivity index (χ1) is 9.74. The van der Waals surface area contributed by atoms with Gasteiger partial charge >= 0.3 is 0 Å². The highest BCUT2D eigenvalue weighted by Crippen LogP contribution is 2.41. The van der Waals surface area contributed by atoms with Gasteiger partial charge in [-0.1, -0.05) is 0 Å². The topological polar surface area (TPSA) is 63.9 Å². The molecule has 2 aliphatic rings. The summed E-state index contributed by atoms with van der Waals surface area (Å²) >= 11 is 1.38. The number of fused-ring (bicyclic) bond motifs is 1. The van der Waals surface area contributed by atoms with Gasteiger partial charge in [-0.05, 0) is 19.8 Å². The van der Waals surface area contributed by atoms with Gasteiger partial charge in [-0.2, -0.15) is 0 Å². The van der Waals surface area contributed by atoms with Crippen LogP contribution in [0.15, 0.2) is 11.7 Å². The molecule has 1 atom stereocenters. The van der Waals surface area contributed by atoms with Crippen LogP contribution in [0, 0.1) is 0 Å². The summed E-state index contributed by atoms with van der Waals surface area (Å²) in [4.78, 5) is 18.9. The largest absolute Gasteiger partial charge is 0.328 e. The Hall–Kier alpha value is -1.76. The Bertz CT molecular complexity index is 646. The van der Waals surface area contributed by atoms with E-state index in [-0.39, 0.29) is 11.9 Å². The van der Waals surface area contributed by atoms with Crippen LogP contribution in [-0.2, 0) is 6.54 Å². The van der Waals surface area contributed by atoms with Crippen molar-refractivity contribution in [1.82, 2.24) is 24.6 Å². The third kappa shape index (κ3) is 1.84. The predicted molar refractivity (Wildman–Crippen MR) is 73.6 cm³/mol. The van der Waals surface area contributed by atoms with Crippen molar-refractivity contribution in [2.24, 2.45) is 0 Å². The second kappa shape index (κ2) is 4.37. The third-order valence-corrected chi connectivity index (χ3v) is 4.68. The molecule has 1 saturated carbocycles. The molecule has 0 aromatic carbocycles. The predicted octanol–water partition coefficient (Wildman–Crippen LogP) is 1.83. The summed E-state index contributed by atoms with van der Waals surface area (Å²) in [6.07, 6.45) is 4.06. The minimum absolute atomic E-state index is 0.0431. The highest BCUT2D eigenvalue weighted by molar-refractivity contribution is 7.11. The number of thiazole rings is 1. The molecule has 0 saturated heterocycles. The quantitative estimate of drug-likeness (QED) is 0.846. The van der Waals surface area contributed by atoms with Crippen LogP contribution in [-0.4, -0.2) is 37.1 Å². The average Bonchev–Trinajstić information content (AvgIpc) is 2.99. The van der Waals surface area contributed by atoms with Crippen LogP contribution >= 0.6 is 11.3 Å². The maximum atomic E-state index is 12.4. The summed E-state index contributed by atoms with van der Waals surface area (Å²) < 4.78 is 2.23. The molecule has 0 radical (unpaired) electrons. The maximum absolute atomic E-state index is 12.4. The van der Waals surface area contributed by atoms with Crippen molar-refractivity contribution in [3.63, 3.8) is 0 Å². The first-order valence-corrected chi connectivity index (χ1v) is 7.73. The fourth-order valence-corrected chi connectivity index (χ4v) is 3.40. The minimum atomic E-state index is 0.0431. The monoisotopic (exact) mass is 289 g/mol. The lowest BCUT2D eigenvalue weighted by atomic mass is 10.2. The standard InChI is InChI=1S/C13H15N5OS/c1-8-5-17(13(19)10-4-14-7-20-10)6-11-15-16-12(18(8)11)9-2-3-9/h4,7-9H,2-3,5-6H2,1H3/t8-/m0/s1. The van der Waals surface area contributed by atoms with E-state index in [4.69, 9.17) is 0 Å².